The Bertz CT molecular complexity index is 636. The molecule has 0 amide bonds. The number of hydrazone groups is 1. The summed E-state index contributed by atoms with van der Waals surface area (Å²) in [7, 11) is 0. The Morgan fingerprint density at radius 2 is 2.05 bits per heavy atom. The lowest BCUT2D eigenvalue weighted by atomic mass is 10.0. The van der Waals surface area contributed by atoms with E-state index in [0.29, 0.717) is 0 Å². The number of amidine groups is 1. The van der Waals surface area contributed by atoms with Crippen LogP contribution in [0.3, 0.4) is 0 Å². The van der Waals surface area contributed by atoms with Gasteiger partial charge in [-0.05, 0) is 44.9 Å². The van der Waals surface area contributed by atoms with Gasteiger partial charge in [-0.1, -0.05) is 36.9 Å². The van der Waals surface area contributed by atoms with Gasteiger partial charge in [0, 0.05) is 11.3 Å². The molecule has 0 bridgehead atoms. The van der Waals surface area contributed by atoms with E-state index in [2.05, 4.69) is 55.7 Å². The van der Waals surface area contributed by atoms with Gasteiger partial charge >= 0.3 is 0 Å². The van der Waals surface area contributed by atoms with Crippen LogP contribution in [0.5, 0.6) is 0 Å². The summed E-state index contributed by atoms with van der Waals surface area (Å²) in [5, 5.41) is 4.43. The monoisotopic (exact) mass is 267 g/mol. The number of hydrogen-bond acceptors (Lipinski definition) is 3. The molecular formula is C17H21N3. The highest BCUT2D eigenvalue weighted by atomic mass is 15.5. The Morgan fingerprint density at radius 3 is 2.65 bits per heavy atom. The van der Waals surface area contributed by atoms with E-state index in [1.165, 1.54) is 11.1 Å². The minimum atomic E-state index is 0.747. The van der Waals surface area contributed by atoms with Gasteiger partial charge in [-0.25, -0.2) is 0 Å². The lowest BCUT2D eigenvalue weighted by Crippen LogP contribution is -2.28. The predicted molar refractivity (Wildman–Crippen MR) is 85.1 cm³/mol. The van der Waals surface area contributed by atoms with Gasteiger partial charge in [0.15, 0.2) is 5.84 Å². The van der Waals surface area contributed by atoms with Crippen molar-refractivity contribution in [1.82, 2.24) is 10.3 Å². The van der Waals surface area contributed by atoms with E-state index < -0.39 is 0 Å². The van der Waals surface area contributed by atoms with Crippen LogP contribution in [0.1, 0.15) is 30.5 Å². The topological polar surface area (TPSA) is 27.6 Å². The number of hydrogen-bond donors (Lipinski definition) is 1. The summed E-state index contributed by atoms with van der Waals surface area (Å²) in [6, 6.07) is 6.37. The summed E-state index contributed by atoms with van der Waals surface area (Å²) in [5.41, 5.74) is 8.47. The molecule has 0 aliphatic carbocycles. The Labute approximate surface area is 121 Å². The smallest absolute Gasteiger partial charge is 0.166 e. The van der Waals surface area contributed by atoms with Crippen LogP contribution in [0.25, 0.3) is 0 Å². The summed E-state index contributed by atoms with van der Waals surface area (Å²) in [5.74, 6) is 1.62. The van der Waals surface area contributed by atoms with Crippen molar-refractivity contribution in [1.29, 1.82) is 0 Å². The molecule has 1 aliphatic rings. The van der Waals surface area contributed by atoms with Crippen LogP contribution in [0.15, 0.2) is 59.6 Å². The number of nitrogens with zero attached hydrogens (tertiary/aromatic N) is 2. The van der Waals surface area contributed by atoms with Crippen LogP contribution in [0.2, 0.25) is 0 Å². The van der Waals surface area contributed by atoms with Crippen molar-refractivity contribution in [2.45, 2.75) is 27.7 Å². The number of aryl methyl sites for hydroxylation is 2. The minimum Gasteiger partial charge on any atom is -0.278 e. The van der Waals surface area contributed by atoms with Crippen molar-refractivity contribution in [2.24, 2.45) is 5.10 Å². The van der Waals surface area contributed by atoms with E-state index >= 15 is 0 Å². The molecule has 1 aromatic rings. The summed E-state index contributed by atoms with van der Waals surface area (Å²) in [4.78, 5) is 2.02. The molecule has 3 heteroatoms. The van der Waals surface area contributed by atoms with Gasteiger partial charge in [-0.15, -0.1) is 0 Å². The summed E-state index contributed by atoms with van der Waals surface area (Å²) in [6.07, 6.45) is 2.03. The Balaban J connectivity index is 2.53. The maximum absolute atomic E-state index is 4.43. The molecule has 0 fully saturated rings. The lowest BCUT2D eigenvalue weighted by Gasteiger charge is -2.24. The normalized spacial score (nSPS) is 15.2. The molecule has 1 heterocycles. The first-order chi connectivity index (χ1) is 9.45. The second-order valence-electron chi connectivity index (χ2n) is 5.10. The standard InChI is InChI=1S/C17H21N3/c1-7-16(11(2)3)20-14(6)18-19-17(20)15-10-12(4)8-9-13(15)5/h7-10,18H,2,6H2,1,3-5H3/b16-7+. The predicted octanol–water partition coefficient (Wildman–Crippen LogP) is 3.82. The summed E-state index contributed by atoms with van der Waals surface area (Å²) in [6.45, 7) is 16.2. The lowest BCUT2D eigenvalue weighted by molar-refractivity contribution is 0.628. The molecule has 0 atom stereocenters. The van der Waals surface area contributed by atoms with Crippen LogP contribution < -0.4 is 5.43 Å². The van der Waals surface area contributed by atoms with E-state index in [-0.39, 0.29) is 0 Å². The number of nitrogens with one attached hydrogen (secondary N) is 1. The van der Waals surface area contributed by atoms with E-state index in [0.717, 1.165) is 28.5 Å². The molecule has 1 N–H and O–H groups in total. The molecule has 0 aromatic heterocycles. The van der Waals surface area contributed by atoms with E-state index in [1.807, 2.05) is 24.8 Å². The number of allylic oxidation sites excluding steroid dienone is 2. The molecule has 0 saturated carbocycles. The van der Waals surface area contributed by atoms with Gasteiger partial charge in [0.05, 0.1) is 0 Å². The van der Waals surface area contributed by atoms with Crippen molar-refractivity contribution in [2.75, 3.05) is 0 Å². The molecule has 20 heavy (non-hydrogen) atoms. The van der Waals surface area contributed by atoms with Crippen LogP contribution in [-0.2, 0) is 0 Å². The fourth-order valence-electron chi connectivity index (χ4n) is 2.33. The molecule has 1 aromatic carbocycles. The minimum absolute atomic E-state index is 0.747. The summed E-state index contributed by atoms with van der Waals surface area (Å²) >= 11 is 0. The molecule has 0 saturated heterocycles. The third-order valence-electron chi connectivity index (χ3n) is 3.36. The van der Waals surface area contributed by atoms with Crippen LogP contribution in [0.4, 0.5) is 0 Å². The van der Waals surface area contributed by atoms with Crippen LogP contribution in [0, 0.1) is 13.8 Å². The molecule has 104 valence electrons. The first-order valence-electron chi connectivity index (χ1n) is 6.68. The van der Waals surface area contributed by atoms with Crippen molar-refractivity contribution in [3.8, 4) is 0 Å². The van der Waals surface area contributed by atoms with Crippen molar-refractivity contribution in [3.63, 3.8) is 0 Å². The highest BCUT2D eigenvalue weighted by molar-refractivity contribution is 6.03. The van der Waals surface area contributed by atoms with Gasteiger partial charge in [-0.2, -0.15) is 5.10 Å². The maximum Gasteiger partial charge on any atom is 0.166 e. The molecule has 0 spiro atoms. The highest BCUT2D eigenvalue weighted by Gasteiger charge is 2.26. The van der Waals surface area contributed by atoms with Crippen molar-refractivity contribution >= 4 is 5.84 Å². The van der Waals surface area contributed by atoms with Crippen LogP contribution in [-0.4, -0.2) is 10.7 Å². The zero-order valence-electron chi connectivity index (χ0n) is 12.6. The largest absolute Gasteiger partial charge is 0.278 e. The van der Waals surface area contributed by atoms with E-state index in [1.54, 1.807) is 0 Å². The van der Waals surface area contributed by atoms with E-state index in [4.69, 9.17) is 0 Å². The quantitative estimate of drug-likeness (QED) is 0.843. The number of rotatable bonds is 3. The summed E-state index contributed by atoms with van der Waals surface area (Å²) < 4.78 is 0. The Morgan fingerprint density at radius 1 is 1.35 bits per heavy atom. The molecule has 0 radical (unpaired) electrons. The molecule has 2 rings (SSSR count). The highest BCUT2D eigenvalue weighted by Crippen LogP contribution is 2.26. The first kappa shape index (κ1) is 14.1. The second-order valence-corrected chi connectivity index (χ2v) is 5.10. The van der Waals surface area contributed by atoms with Gasteiger partial charge in [0.2, 0.25) is 0 Å². The Hall–Kier alpha value is -2.29. The van der Waals surface area contributed by atoms with E-state index in [9.17, 15) is 0 Å². The average Bonchev–Trinajstić information content (AvgIpc) is 2.75. The fourth-order valence-corrected chi connectivity index (χ4v) is 2.33. The number of benzene rings is 1. The molecular weight excluding hydrogens is 246 g/mol. The van der Waals surface area contributed by atoms with Gasteiger partial charge < -0.3 is 0 Å². The SMILES string of the molecule is C=C(C)/C(=C\C)N1C(=C)NN=C1c1cc(C)ccc1C. The van der Waals surface area contributed by atoms with Crippen LogP contribution >= 0.6 is 0 Å². The third kappa shape index (κ3) is 2.39. The maximum atomic E-state index is 4.43. The Kier molecular flexibility index (Phi) is 3.79. The molecule has 3 nitrogen and oxygen atoms in total. The molecule has 1 aliphatic heterocycles. The first-order valence-corrected chi connectivity index (χ1v) is 6.68. The fraction of sp³-hybridized carbons (Fsp3) is 0.235. The van der Waals surface area contributed by atoms with Crippen molar-refractivity contribution < 1.29 is 0 Å². The zero-order chi connectivity index (χ0) is 14.9. The average molecular weight is 267 g/mol. The third-order valence-corrected chi connectivity index (χ3v) is 3.36. The second kappa shape index (κ2) is 5.37. The van der Waals surface area contributed by atoms with Gasteiger partial charge in [0.1, 0.15) is 5.82 Å². The van der Waals surface area contributed by atoms with Gasteiger partial charge in [-0.3, -0.25) is 10.3 Å². The van der Waals surface area contributed by atoms with Gasteiger partial charge in [0.25, 0.3) is 0 Å². The zero-order valence-corrected chi connectivity index (χ0v) is 12.6. The molecule has 0 unspecified atom stereocenters. The van der Waals surface area contributed by atoms with Crippen molar-refractivity contribution in [3.05, 3.63) is 71.2 Å².